The first kappa shape index (κ1) is 12.3. The standard InChI is InChI=1S/C13H13ClFNO/c1-16-6-5-13(17)9(8-16)7-10-11(14)3-2-4-12(10)15/h2-4,7H,5-6,8H2,1H3/b9-7+. The SMILES string of the molecule is CN1CCC(=O)/C(=C/c2c(F)cccc2Cl)C1. The van der Waals surface area contributed by atoms with Crippen molar-refractivity contribution < 1.29 is 9.18 Å². The highest BCUT2D eigenvalue weighted by Gasteiger charge is 2.19. The first-order valence-electron chi connectivity index (χ1n) is 5.44. The Morgan fingerprint density at radius 3 is 2.94 bits per heavy atom. The van der Waals surface area contributed by atoms with Crippen LogP contribution in [0.25, 0.3) is 6.08 Å². The van der Waals surface area contributed by atoms with Crippen LogP contribution in [-0.4, -0.2) is 30.8 Å². The van der Waals surface area contributed by atoms with E-state index in [0.717, 1.165) is 6.54 Å². The second-order valence-electron chi connectivity index (χ2n) is 4.22. The Hall–Kier alpha value is -1.19. The summed E-state index contributed by atoms with van der Waals surface area (Å²) in [5, 5.41) is 0.332. The molecule has 0 saturated carbocycles. The predicted octanol–water partition coefficient (Wildman–Crippen LogP) is 2.77. The molecule has 1 aromatic rings. The number of halogens is 2. The zero-order valence-electron chi connectivity index (χ0n) is 9.54. The average Bonchev–Trinajstić information content (AvgIpc) is 2.28. The van der Waals surface area contributed by atoms with Crippen LogP contribution in [0.15, 0.2) is 23.8 Å². The Kier molecular flexibility index (Phi) is 3.60. The summed E-state index contributed by atoms with van der Waals surface area (Å²) in [6, 6.07) is 4.51. The Balaban J connectivity index is 2.37. The Bertz CT molecular complexity index is 464. The third kappa shape index (κ3) is 2.73. The van der Waals surface area contributed by atoms with Crippen molar-refractivity contribution in [3.8, 4) is 0 Å². The summed E-state index contributed by atoms with van der Waals surface area (Å²) in [4.78, 5) is 13.7. The van der Waals surface area contributed by atoms with Crippen LogP contribution in [0.5, 0.6) is 0 Å². The number of carbonyl (C=O) groups is 1. The van der Waals surface area contributed by atoms with E-state index in [0.29, 0.717) is 29.1 Å². The number of likely N-dealkylation sites (tertiary alicyclic amines) is 1. The van der Waals surface area contributed by atoms with Crippen LogP contribution in [0.1, 0.15) is 12.0 Å². The lowest BCUT2D eigenvalue weighted by atomic mass is 10.0. The Morgan fingerprint density at radius 1 is 1.47 bits per heavy atom. The fourth-order valence-corrected chi connectivity index (χ4v) is 2.08. The zero-order valence-corrected chi connectivity index (χ0v) is 10.3. The molecule has 1 fully saturated rings. The molecular weight excluding hydrogens is 241 g/mol. The van der Waals surface area contributed by atoms with Gasteiger partial charge in [0.1, 0.15) is 5.82 Å². The summed E-state index contributed by atoms with van der Waals surface area (Å²) in [5.41, 5.74) is 0.915. The van der Waals surface area contributed by atoms with Gasteiger partial charge in [-0.1, -0.05) is 17.7 Å². The van der Waals surface area contributed by atoms with E-state index in [2.05, 4.69) is 0 Å². The molecule has 0 aromatic heterocycles. The number of Topliss-reactive ketones (excluding diaryl/α,β-unsaturated/α-hetero) is 1. The topological polar surface area (TPSA) is 20.3 Å². The molecule has 0 N–H and O–H groups in total. The molecule has 1 aliphatic heterocycles. The van der Waals surface area contributed by atoms with Gasteiger partial charge >= 0.3 is 0 Å². The summed E-state index contributed by atoms with van der Waals surface area (Å²) in [5.74, 6) is -0.326. The molecule has 0 bridgehead atoms. The van der Waals surface area contributed by atoms with Gasteiger partial charge in [-0.05, 0) is 25.3 Å². The minimum atomic E-state index is -0.397. The van der Waals surface area contributed by atoms with E-state index in [1.807, 2.05) is 11.9 Å². The van der Waals surface area contributed by atoms with E-state index in [-0.39, 0.29) is 5.78 Å². The first-order valence-corrected chi connectivity index (χ1v) is 5.82. The molecule has 1 aliphatic rings. The number of rotatable bonds is 1. The van der Waals surface area contributed by atoms with Gasteiger partial charge in [0, 0.05) is 30.6 Å². The first-order chi connectivity index (χ1) is 8.08. The van der Waals surface area contributed by atoms with E-state index in [4.69, 9.17) is 11.6 Å². The Labute approximate surface area is 105 Å². The summed E-state index contributed by atoms with van der Waals surface area (Å²) in [6.45, 7) is 1.30. The van der Waals surface area contributed by atoms with Gasteiger partial charge in [-0.3, -0.25) is 4.79 Å². The van der Waals surface area contributed by atoms with Crippen molar-refractivity contribution in [1.29, 1.82) is 0 Å². The highest BCUT2D eigenvalue weighted by atomic mass is 35.5. The van der Waals surface area contributed by atoms with Crippen LogP contribution in [0.3, 0.4) is 0 Å². The van der Waals surface area contributed by atoms with E-state index in [1.165, 1.54) is 6.07 Å². The quantitative estimate of drug-likeness (QED) is 0.718. The molecule has 0 atom stereocenters. The molecule has 1 aromatic carbocycles. The molecule has 0 spiro atoms. The highest BCUT2D eigenvalue weighted by Crippen LogP contribution is 2.23. The Morgan fingerprint density at radius 2 is 2.24 bits per heavy atom. The van der Waals surface area contributed by atoms with Crippen molar-refractivity contribution in [1.82, 2.24) is 4.90 Å². The van der Waals surface area contributed by atoms with Crippen LogP contribution >= 0.6 is 11.6 Å². The van der Waals surface area contributed by atoms with Gasteiger partial charge < -0.3 is 4.90 Å². The fourth-order valence-electron chi connectivity index (χ4n) is 1.86. The van der Waals surface area contributed by atoms with Crippen molar-refractivity contribution in [2.24, 2.45) is 0 Å². The van der Waals surface area contributed by atoms with Crippen LogP contribution in [0, 0.1) is 5.82 Å². The molecule has 0 unspecified atom stereocenters. The molecule has 1 heterocycles. The second kappa shape index (κ2) is 4.98. The molecular formula is C13H13ClFNO. The number of nitrogens with zero attached hydrogens (tertiary/aromatic N) is 1. The van der Waals surface area contributed by atoms with Crippen LogP contribution < -0.4 is 0 Å². The number of benzene rings is 1. The third-order valence-electron chi connectivity index (χ3n) is 2.84. The van der Waals surface area contributed by atoms with Gasteiger partial charge in [-0.2, -0.15) is 0 Å². The number of hydrogen-bond acceptors (Lipinski definition) is 2. The largest absolute Gasteiger partial charge is 0.302 e. The third-order valence-corrected chi connectivity index (χ3v) is 3.17. The lowest BCUT2D eigenvalue weighted by molar-refractivity contribution is -0.117. The van der Waals surface area contributed by atoms with Crippen molar-refractivity contribution in [2.75, 3.05) is 20.1 Å². The smallest absolute Gasteiger partial charge is 0.161 e. The van der Waals surface area contributed by atoms with Crippen molar-refractivity contribution >= 4 is 23.5 Å². The molecule has 0 radical (unpaired) electrons. The predicted molar refractivity (Wildman–Crippen MR) is 66.5 cm³/mol. The van der Waals surface area contributed by atoms with Gasteiger partial charge in [-0.15, -0.1) is 0 Å². The molecule has 2 rings (SSSR count). The van der Waals surface area contributed by atoms with Gasteiger partial charge in [-0.25, -0.2) is 4.39 Å². The molecule has 1 saturated heterocycles. The van der Waals surface area contributed by atoms with E-state index >= 15 is 0 Å². The zero-order chi connectivity index (χ0) is 12.4. The molecule has 0 amide bonds. The minimum Gasteiger partial charge on any atom is -0.302 e. The van der Waals surface area contributed by atoms with E-state index < -0.39 is 5.82 Å². The molecule has 2 nitrogen and oxygen atoms in total. The summed E-state index contributed by atoms with van der Waals surface area (Å²) < 4.78 is 13.6. The molecule has 4 heteroatoms. The summed E-state index contributed by atoms with van der Waals surface area (Å²) in [6.07, 6.45) is 2.05. The number of ketones is 1. The van der Waals surface area contributed by atoms with Gasteiger partial charge in [0.25, 0.3) is 0 Å². The number of hydrogen-bond donors (Lipinski definition) is 0. The van der Waals surface area contributed by atoms with Crippen LogP contribution in [0.2, 0.25) is 5.02 Å². The number of carbonyl (C=O) groups excluding carboxylic acids is 1. The van der Waals surface area contributed by atoms with E-state index in [9.17, 15) is 9.18 Å². The maximum Gasteiger partial charge on any atom is 0.161 e. The average molecular weight is 254 g/mol. The molecule has 90 valence electrons. The summed E-state index contributed by atoms with van der Waals surface area (Å²) >= 11 is 5.92. The van der Waals surface area contributed by atoms with Crippen LogP contribution in [-0.2, 0) is 4.79 Å². The maximum atomic E-state index is 13.6. The van der Waals surface area contributed by atoms with Gasteiger partial charge in [0.2, 0.25) is 0 Å². The lowest BCUT2D eigenvalue weighted by Crippen LogP contribution is -2.32. The molecule has 0 aliphatic carbocycles. The maximum absolute atomic E-state index is 13.6. The highest BCUT2D eigenvalue weighted by molar-refractivity contribution is 6.32. The lowest BCUT2D eigenvalue weighted by Gasteiger charge is -2.23. The van der Waals surface area contributed by atoms with Crippen LogP contribution in [0.4, 0.5) is 4.39 Å². The number of likely N-dealkylation sites (N-methyl/N-ethyl adjacent to an activating group) is 1. The van der Waals surface area contributed by atoms with Crippen molar-refractivity contribution in [3.05, 3.63) is 40.2 Å². The normalized spacial score (nSPS) is 19.9. The van der Waals surface area contributed by atoms with Gasteiger partial charge in [0.05, 0.1) is 5.02 Å². The number of piperidine rings is 1. The van der Waals surface area contributed by atoms with Crippen molar-refractivity contribution in [3.63, 3.8) is 0 Å². The fraction of sp³-hybridized carbons (Fsp3) is 0.308. The monoisotopic (exact) mass is 253 g/mol. The molecule has 17 heavy (non-hydrogen) atoms. The van der Waals surface area contributed by atoms with Gasteiger partial charge in [0.15, 0.2) is 5.78 Å². The van der Waals surface area contributed by atoms with Crippen molar-refractivity contribution in [2.45, 2.75) is 6.42 Å². The second-order valence-corrected chi connectivity index (χ2v) is 4.62. The minimum absolute atomic E-state index is 0.0717. The summed E-state index contributed by atoms with van der Waals surface area (Å²) in [7, 11) is 1.93. The van der Waals surface area contributed by atoms with E-state index in [1.54, 1.807) is 18.2 Å².